The van der Waals surface area contributed by atoms with E-state index in [0.29, 0.717) is 0 Å². The number of nitro benzene ring substituents is 1. The maximum atomic E-state index is 12.6. The van der Waals surface area contributed by atoms with Gasteiger partial charge in [0, 0.05) is 6.07 Å². The van der Waals surface area contributed by atoms with Crippen LogP contribution < -0.4 is 4.90 Å². The van der Waals surface area contributed by atoms with E-state index in [1.807, 2.05) is 12.2 Å². The van der Waals surface area contributed by atoms with E-state index in [1.165, 1.54) is 18.2 Å². The summed E-state index contributed by atoms with van der Waals surface area (Å²) in [6.07, 6.45) is 4.84. The fourth-order valence-corrected chi connectivity index (χ4v) is 3.95. The Morgan fingerprint density at radius 3 is 2.19 bits per heavy atom. The van der Waals surface area contributed by atoms with Crippen LogP contribution in [0.5, 0.6) is 0 Å². The molecule has 0 radical (unpaired) electrons. The van der Waals surface area contributed by atoms with Crippen LogP contribution in [0, 0.1) is 33.8 Å². The molecule has 6 heteroatoms. The Labute approximate surface area is 120 Å². The molecule has 1 heterocycles. The minimum absolute atomic E-state index is 0.0892. The van der Waals surface area contributed by atoms with Gasteiger partial charge in [0.1, 0.15) is 5.69 Å². The Morgan fingerprint density at radius 1 is 1.05 bits per heavy atom. The van der Waals surface area contributed by atoms with Crippen molar-refractivity contribution >= 4 is 23.2 Å². The normalized spacial score (nSPS) is 32.9. The molecule has 1 saturated carbocycles. The molecule has 2 fully saturated rings. The van der Waals surface area contributed by atoms with Crippen molar-refractivity contribution in [2.24, 2.45) is 23.7 Å². The summed E-state index contributed by atoms with van der Waals surface area (Å²) in [7, 11) is 0. The van der Waals surface area contributed by atoms with E-state index in [9.17, 15) is 19.7 Å². The van der Waals surface area contributed by atoms with E-state index in [-0.39, 0.29) is 46.9 Å². The first kappa shape index (κ1) is 12.3. The number of amides is 2. The third-order valence-electron chi connectivity index (χ3n) is 4.79. The van der Waals surface area contributed by atoms with Crippen LogP contribution in [0.25, 0.3) is 0 Å². The van der Waals surface area contributed by atoms with Gasteiger partial charge in [-0.25, -0.2) is 4.90 Å². The lowest BCUT2D eigenvalue weighted by Gasteiger charge is -2.16. The second-order valence-electron chi connectivity index (χ2n) is 5.76. The molecule has 0 unspecified atom stereocenters. The summed E-state index contributed by atoms with van der Waals surface area (Å²) in [6, 6.07) is 5.91. The third kappa shape index (κ3) is 1.47. The number of para-hydroxylation sites is 2. The highest BCUT2D eigenvalue weighted by Crippen LogP contribution is 2.53. The van der Waals surface area contributed by atoms with E-state index < -0.39 is 4.92 Å². The van der Waals surface area contributed by atoms with Crippen molar-refractivity contribution in [3.8, 4) is 0 Å². The fraction of sp³-hybridized carbons (Fsp3) is 0.333. The quantitative estimate of drug-likeness (QED) is 0.359. The molecule has 2 bridgehead atoms. The van der Waals surface area contributed by atoms with Gasteiger partial charge in [-0.2, -0.15) is 0 Å². The highest BCUT2D eigenvalue weighted by Gasteiger charge is 2.60. The number of hydrogen-bond acceptors (Lipinski definition) is 4. The first-order chi connectivity index (χ1) is 10.1. The second kappa shape index (κ2) is 4.00. The van der Waals surface area contributed by atoms with E-state index >= 15 is 0 Å². The number of rotatable bonds is 2. The Balaban J connectivity index is 1.80. The molecule has 1 aliphatic heterocycles. The van der Waals surface area contributed by atoms with Crippen molar-refractivity contribution in [3.63, 3.8) is 0 Å². The Hall–Kier alpha value is -2.50. The number of fused-ring (bicyclic) bond motifs is 5. The number of anilines is 1. The number of benzene rings is 1. The number of nitro groups is 1. The maximum absolute atomic E-state index is 12.6. The molecule has 3 aliphatic rings. The van der Waals surface area contributed by atoms with Crippen molar-refractivity contribution in [2.75, 3.05) is 4.90 Å². The molecule has 2 aliphatic carbocycles. The average molecular weight is 284 g/mol. The first-order valence-corrected chi connectivity index (χ1v) is 6.89. The van der Waals surface area contributed by atoms with Crippen LogP contribution in [0.1, 0.15) is 6.42 Å². The summed E-state index contributed by atoms with van der Waals surface area (Å²) < 4.78 is 0. The standard InChI is InChI=1S/C15H12N2O4/c18-14-12-8-5-6-9(7-8)13(12)15(19)16(14)10-3-1-2-4-11(10)17(20)21/h1-6,8-9,12-13H,7H2/t8-,9-,12-,13+/m0/s1. The predicted octanol–water partition coefficient (Wildman–Crippen LogP) is 1.91. The molecule has 1 aromatic rings. The summed E-state index contributed by atoms with van der Waals surface area (Å²) in [5, 5.41) is 11.1. The fourth-order valence-electron chi connectivity index (χ4n) is 3.95. The highest BCUT2D eigenvalue weighted by molar-refractivity contribution is 6.23. The Morgan fingerprint density at radius 2 is 1.62 bits per heavy atom. The van der Waals surface area contributed by atoms with Crippen molar-refractivity contribution < 1.29 is 14.5 Å². The SMILES string of the molecule is O=C1[C@@H]2[C@H](C(=O)N1c1ccccc1[N+](=O)[O-])[C@H]1C=C[C@H]2C1. The lowest BCUT2D eigenvalue weighted by molar-refractivity contribution is -0.384. The van der Waals surface area contributed by atoms with E-state index in [0.717, 1.165) is 11.3 Å². The van der Waals surface area contributed by atoms with Gasteiger partial charge >= 0.3 is 0 Å². The number of carbonyl (C=O) groups is 2. The van der Waals surface area contributed by atoms with Gasteiger partial charge in [0.15, 0.2) is 0 Å². The van der Waals surface area contributed by atoms with Gasteiger partial charge in [-0.3, -0.25) is 19.7 Å². The number of nitrogens with zero attached hydrogens (tertiary/aromatic N) is 2. The molecular formula is C15H12N2O4. The second-order valence-corrected chi connectivity index (χ2v) is 5.76. The van der Waals surface area contributed by atoms with Crippen LogP contribution >= 0.6 is 0 Å². The Kier molecular flexibility index (Phi) is 2.34. The summed E-state index contributed by atoms with van der Waals surface area (Å²) in [4.78, 5) is 36.8. The van der Waals surface area contributed by atoms with E-state index in [1.54, 1.807) is 6.07 Å². The van der Waals surface area contributed by atoms with Crippen molar-refractivity contribution in [2.45, 2.75) is 6.42 Å². The molecule has 4 atom stereocenters. The number of carbonyl (C=O) groups excluding carboxylic acids is 2. The van der Waals surface area contributed by atoms with E-state index in [2.05, 4.69) is 0 Å². The van der Waals surface area contributed by atoms with Gasteiger partial charge < -0.3 is 0 Å². The molecule has 0 N–H and O–H groups in total. The predicted molar refractivity (Wildman–Crippen MR) is 73.3 cm³/mol. The number of hydrogen-bond donors (Lipinski definition) is 0. The summed E-state index contributed by atoms with van der Waals surface area (Å²) in [6.45, 7) is 0. The number of imide groups is 1. The summed E-state index contributed by atoms with van der Waals surface area (Å²) in [5.41, 5.74) is -0.120. The summed E-state index contributed by atoms with van der Waals surface area (Å²) >= 11 is 0. The van der Waals surface area contributed by atoms with Gasteiger partial charge in [0.25, 0.3) is 5.69 Å². The third-order valence-corrected chi connectivity index (χ3v) is 4.79. The van der Waals surface area contributed by atoms with Gasteiger partial charge in [-0.05, 0) is 24.3 Å². The molecule has 4 rings (SSSR count). The van der Waals surface area contributed by atoms with Gasteiger partial charge in [-0.1, -0.05) is 24.3 Å². The van der Waals surface area contributed by atoms with Crippen molar-refractivity contribution in [1.29, 1.82) is 0 Å². The minimum atomic E-state index is -0.559. The molecule has 6 nitrogen and oxygen atoms in total. The number of allylic oxidation sites excluding steroid dienone is 2. The van der Waals surface area contributed by atoms with Gasteiger partial charge in [0.2, 0.25) is 11.8 Å². The van der Waals surface area contributed by atoms with Crippen LogP contribution in [0.3, 0.4) is 0 Å². The van der Waals surface area contributed by atoms with Crippen LogP contribution in [0.2, 0.25) is 0 Å². The molecule has 0 spiro atoms. The zero-order chi connectivity index (χ0) is 14.7. The van der Waals surface area contributed by atoms with Crippen molar-refractivity contribution in [1.82, 2.24) is 0 Å². The van der Waals surface area contributed by atoms with Crippen LogP contribution in [0.4, 0.5) is 11.4 Å². The minimum Gasteiger partial charge on any atom is -0.274 e. The van der Waals surface area contributed by atoms with Crippen molar-refractivity contribution in [3.05, 3.63) is 46.5 Å². The summed E-state index contributed by atoms with van der Waals surface area (Å²) in [5.74, 6) is -1.07. The van der Waals surface area contributed by atoms with Crippen LogP contribution in [0.15, 0.2) is 36.4 Å². The van der Waals surface area contributed by atoms with Crippen LogP contribution in [-0.4, -0.2) is 16.7 Å². The smallest absolute Gasteiger partial charge is 0.274 e. The molecule has 1 aromatic carbocycles. The maximum Gasteiger partial charge on any atom is 0.293 e. The molecule has 0 aromatic heterocycles. The average Bonchev–Trinajstić information content (AvgIpc) is 3.13. The molecule has 2 amide bonds. The largest absolute Gasteiger partial charge is 0.293 e. The lowest BCUT2D eigenvalue weighted by Crippen LogP contribution is -2.33. The van der Waals surface area contributed by atoms with Crippen LogP contribution in [-0.2, 0) is 9.59 Å². The van der Waals surface area contributed by atoms with Gasteiger partial charge in [0.05, 0.1) is 16.8 Å². The topological polar surface area (TPSA) is 80.5 Å². The zero-order valence-electron chi connectivity index (χ0n) is 11.0. The Bertz CT molecular complexity index is 681. The monoisotopic (exact) mass is 284 g/mol. The highest BCUT2D eigenvalue weighted by atomic mass is 16.6. The molecule has 1 saturated heterocycles. The molecule has 21 heavy (non-hydrogen) atoms. The molecule has 106 valence electrons. The lowest BCUT2D eigenvalue weighted by atomic mass is 9.85. The zero-order valence-corrected chi connectivity index (χ0v) is 11.0. The van der Waals surface area contributed by atoms with E-state index in [4.69, 9.17) is 0 Å². The molecular weight excluding hydrogens is 272 g/mol. The van der Waals surface area contributed by atoms with Gasteiger partial charge in [-0.15, -0.1) is 0 Å². The first-order valence-electron chi connectivity index (χ1n) is 6.89.